The van der Waals surface area contributed by atoms with Gasteiger partial charge >= 0.3 is 0 Å². The predicted octanol–water partition coefficient (Wildman–Crippen LogP) is 4.37. The Hall–Kier alpha value is -2.23. The maximum atomic E-state index is 13.4. The maximum absolute atomic E-state index is 13.4. The summed E-state index contributed by atoms with van der Waals surface area (Å²) in [5.74, 6) is 0.362. The lowest BCUT2D eigenvalue weighted by molar-refractivity contribution is -0.123. The molecule has 4 rings (SSSR count). The molecule has 2 aliphatic rings. The van der Waals surface area contributed by atoms with Crippen molar-refractivity contribution in [1.29, 1.82) is 0 Å². The Morgan fingerprint density at radius 2 is 2.06 bits per heavy atom. The zero-order valence-electron chi connectivity index (χ0n) is 19.3. The summed E-state index contributed by atoms with van der Waals surface area (Å²) in [5, 5.41) is 3.28. The molecule has 1 aliphatic carbocycles. The summed E-state index contributed by atoms with van der Waals surface area (Å²) < 4.78 is 7.71. The largest absolute Gasteiger partial charge is 0.379 e. The third kappa shape index (κ3) is 5.31. The number of thioether (sulfide) groups is 1. The molecule has 0 radical (unpaired) electrons. The minimum atomic E-state index is -0.212. The number of nitrogens with one attached hydrogen (secondary N) is 1. The van der Waals surface area contributed by atoms with Gasteiger partial charge < -0.3 is 10.1 Å². The molecule has 0 bridgehead atoms. The molecule has 0 spiro atoms. The number of amides is 1. The molecule has 176 valence electrons. The summed E-state index contributed by atoms with van der Waals surface area (Å²) in [6.45, 7) is 7.15. The predicted molar refractivity (Wildman–Crippen MR) is 138 cm³/mol. The number of pyridine rings is 1. The third-order valence-electron chi connectivity index (χ3n) is 5.86. The van der Waals surface area contributed by atoms with Crippen molar-refractivity contribution in [3.8, 4) is 0 Å². The third-order valence-corrected chi connectivity index (χ3v) is 7.19. The summed E-state index contributed by atoms with van der Waals surface area (Å²) in [7, 11) is 0. The number of anilines is 1. The monoisotopic (exact) mass is 486 g/mol. The van der Waals surface area contributed by atoms with Crippen molar-refractivity contribution in [3.63, 3.8) is 0 Å². The van der Waals surface area contributed by atoms with E-state index in [1.807, 2.05) is 32.9 Å². The molecule has 9 heteroatoms. The van der Waals surface area contributed by atoms with Gasteiger partial charge in [-0.25, -0.2) is 4.98 Å². The van der Waals surface area contributed by atoms with E-state index in [1.54, 1.807) is 17.2 Å². The number of thiocarbonyl (C=S) groups is 1. The molecule has 1 N–H and O–H groups in total. The Balaban J connectivity index is 1.67. The van der Waals surface area contributed by atoms with Crippen LogP contribution in [0.3, 0.4) is 0 Å². The number of aryl methyl sites for hydroxylation is 1. The highest BCUT2D eigenvalue weighted by atomic mass is 32.2. The molecule has 3 heterocycles. The van der Waals surface area contributed by atoms with E-state index in [0.29, 0.717) is 39.4 Å². The lowest BCUT2D eigenvalue weighted by Crippen LogP contribution is -2.36. The SMILES string of the molecule is Cc1ccc2nc(NCCCOC(C)C)c(C=C3SC(=S)N(C4CCCC4)C3=O)c(=O)n2c1. The number of hydrogen-bond acceptors (Lipinski definition) is 7. The van der Waals surface area contributed by atoms with Gasteiger partial charge in [0.2, 0.25) is 0 Å². The molecular formula is C24H30N4O3S2. The van der Waals surface area contributed by atoms with E-state index in [1.165, 1.54) is 16.2 Å². The summed E-state index contributed by atoms with van der Waals surface area (Å²) in [6, 6.07) is 3.92. The summed E-state index contributed by atoms with van der Waals surface area (Å²) >= 11 is 6.80. The van der Waals surface area contributed by atoms with Crippen molar-refractivity contribution in [2.75, 3.05) is 18.5 Å². The van der Waals surface area contributed by atoms with E-state index in [4.69, 9.17) is 21.9 Å². The number of hydrogen-bond donors (Lipinski definition) is 1. The van der Waals surface area contributed by atoms with Crippen LogP contribution in [0.15, 0.2) is 28.0 Å². The van der Waals surface area contributed by atoms with E-state index in [0.717, 1.165) is 37.7 Å². The van der Waals surface area contributed by atoms with E-state index in [-0.39, 0.29) is 23.6 Å². The number of fused-ring (bicyclic) bond motifs is 1. The van der Waals surface area contributed by atoms with Crippen LogP contribution in [0.1, 0.15) is 57.1 Å². The standard InChI is InChI=1S/C24H30N4O3S2/c1-15(2)31-12-6-11-25-21-18(22(29)27-14-16(3)9-10-20(27)26-21)13-19-23(30)28(24(32)33-19)17-7-4-5-8-17/h9-10,13-15,17,25H,4-8,11-12H2,1-3H3. The van der Waals surface area contributed by atoms with Gasteiger partial charge in [-0.05, 0) is 57.7 Å². The molecule has 2 aromatic heterocycles. The van der Waals surface area contributed by atoms with Crippen molar-refractivity contribution in [2.45, 2.75) is 65.0 Å². The molecule has 2 fully saturated rings. The fraction of sp³-hybridized carbons (Fsp3) is 0.500. The Morgan fingerprint density at radius 3 is 2.79 bits per heavy atom. The van der Waals surface area contributed by atoms with Gasteiger partial charge in [-0.2, -0.15) is 0 Å². The molecule has 1 saturated heterocycles. The smallest absolute Gasteiger partial charge is 0.267 e. The van der Waals surface area contributed by atoms with Crippen LogP contribution in [-0.4, -0.2) is 49.8 Å². The molecule has 1 aliphatic heterocycles. The van der Waals surface area contributed by atoms with Crippen LogP contribution in [0.25, 0.3) is 11.7 Å². The van der Waals surface area contributed by atoms with Crippen molar-refractivity contribution < 1.29 is 9.53 Å². The Bertz CT molecular complexity index is 1150. The van der Waals surface area contributed by atoms with Crippen molar-refractivity contribution >= 4 is 51.7 Å². The zero-order valence-corrected chi connectivity index (χ0v) is 20.9. The van der Waals surface area contributed by atoms with Gasteiger partial charge in [0.25, 0.3) is 11.5 Å². The van der Waals surface area contributed by atoms with Crippen LogP contribution < -0.4 is 10.9 Å². The van der Waals surface area contributed by atoms with Gasteiger partial charge in [0.15, 0.2) is 0 Å². The molecule has 1 amide bonds. The van der Waals surface area contributed by atoms with Gasteiger partial charge in [0.1, 0.15) is 15.8 Å². The number of ether oxygens (including phenoxy) is 1. The fourth-order valence-electron chi connectivity index (χ4n) is 4.21. The van der Waals surface area contributed by atoms with Crippen LogP contribution in [0.5, 0.6) is 0 Å². The van der Waals surface area contributed by atoms with Crippen LogP contribution >= 0.6 is 24.0 Å². The topological polar surface area (TPSA) is 75.9 Å². The molecule has 1 saturated carbocycles. The summed E-state index contributed by atoms with van der Waals surface area (Å²) in [6.07, 6.45) is 8.56. The Kier molecular flexibility index (Phi) is 7.51. The lowest BCUT2D eigenvalue weighted by atomic mass is 10.2. The molecule has 7 nitrogen and oxygen atoms in total. The Labute approximate surface area is 203 Å². The zero-order chi connectivity index (χ0) is 23.5. The van der Waals surface area contributed by atoms with Crippen molar-refractivity contribution in [3.05, 3.63) is 44.7 Å². The second-order valence-corrected chi connectivity index (χ2v) is 10.5. The molecule has 0 atom stereocenters. The second-order valence-electron chi connectivity index (χ2n) is 8.80. The highest BCUT2D eigenvalue weighted by molar-refractivity contribution is 8.26. The van der Waals surface area contributed by atoms with Crippen LogP contribution in [-0.2, 0) is 9.53 Å². The van der Waals surface area contributed by atoms with Crippen LogP contribution in [0.2, 0.25) is 0 Å². The molecule has 0 unspecified atom stereocenters. The highest BCUT2D eigenvalue weighted by Crippen LogP contribution is 2.38. The second kappa shape index (κ2) is 10.4. The van der Waals surface area contributed by atoms with Gasteiger partial charge in [-0.15, -0.1) is 0 Å². The van der Waals surface area contributed by atoms with Gasteiger partial charge in [0.05, 0.1) is 16.6 Å². The number of rotatable bonds is 8. The number of carbonyl (C=O) groups excluding carboxylic acids is 1. The van der Waals surface area contributed by atoms with Crippen LogP contribution in [0.4, 0.5) is 5.82 Å². The minimum Gasteiger partial charge on any atom is -0.379 e. The minimum absolute atomic E-state index is 0.109. The molecule has 2 aromatic rings. The van der Waals surface area contributed by atoms with Gasteiger partial charge in [-0.1, -0.05) is 42.9 Å². The first-order chi connectivity index (χ1) is 15.8. The fourth-order valence-corrected chi connectivity index (χ4v) is 5.59. The van der Waals surface area contributed by atoms with E-state index >= 15 is 0 Å². The first kappa shape index (κ1) is 23.9. The number of carbonyl (C=O) groups is 1. The number of aromatic nitrogens is 2. The average Bonchev–Trinajstić information content (AvgIpc) is 3.38. The lowest BCUT2D eigenvalue weighted by Gasteiger charge is -2.21. The first-order valence-electron chi connectivity index (χ1n) is 11.5. The van der Waals surface area contributed by atoms with Gasteiger partial charge in [-0.3, -0.25) is 18.9 Å². The van der Waals surface area contributed by atoms with E-state index < -0.39 is 0 Å². The van der Waals surface area contributed by atoms with E-state index in [2.05, 4.69) is 5.32 Å². The highest BCUT2D eigenvalue weighted by Gasteiger charge is 2.38. The quantitative estimate of drug-likeness (QED) is 0.337. The Morgan fingerprint density at radius 1 is 1.30 bits per heavy atom. The molecule has 33 heavy (non-hydrogen) atoms. The van der Waals surface area contributed by atoms with Crippen LogP contribution in [0, 0.1) is 6.92 Å². The number of nitrogens with zero attached hydrogens (tertiary/aromatic N) is 3. The maximum Gasteiger partial charge on any atom is 0.267 e. The average molecular weight is 487 g/mol. The molecule has 0 aromatic carbocycles. The van der Waals surface area contributed by atoms with Crippen molar-refractivity contribution in [1.82, 2.24) is 14.3 Å². The van der Waals surface area contributed by atoms with E-state index in [9.17, 15) is 9.59 Å². The van der Waals surface area contributed by atoms with Gasteiger partial charge in [0, 0.05) is 25.4 Å². The summed E-state index contributed by atoms with van der Waals surface area (Å²) in [5.41, 5.74) is 1.67. The normalized spacial score (nSPS) is 18.4. The van der Waals surface area contributed by atoms with Crippen molar-refractivity contribution in [2.24, 2.45) is 0 Å². The first-order valence-corrected chi connectivity index (χ1v) is 12.7. The summed E-state index contributed by atoms with van der Waals surface area (Å²) in [4.78, 5) is 33.5. The molecular weight excluding hydrogens is 456 g/mol.